The Bertz CT molecular complexity index is 1190. The summed E-state index contributed by atoms with van der Waals surface area (Å²) in [4.78, 5) is 17.1. The van der Waals surface area contributed by atoms with Crippen molar-refractivity contribution in [2.75, 3.05) is 12.4 Å². The number of amides is 1. The van der Waals surface area contributed by atoms with Gasteiger partial charge in [-0.2, -0.15) is 4.98 Å². The Labute approximate surface area is 182 Å². The highest BCUT2D eigenvalue weighted by molar-refractivity contribution is 6.32. The molecule has 0 fully saturated rings. The van der Waals surface area contributed by atoms with Gasteiger partial charge in [0, 0.05) is 5.56 Å². The molecule has 0 saturated heterocycles. The van der Waals surface area contributed by atoms with E-state index in [0.717, 1.165) is 11.3 Å². The van der Waals surface area contributed by atoms with Crippen molar-refractivity contribution in [1.82, 2.24) is 10.1 Å². The fourth-order valence-corrected chi connectivity index (χ4v) is 3.15. The van der Waals surface area contributed by atoms with Gasteiger partial charge in [0.2, 0.25) is 11.7 Å². The average Bonchev–Trinajstić information content (AvgIpc) is 3.29. The predicted octanol–water partition coefficient (Wildman–Crippen LogP) is 5.47. The summed E-state index contributed by atoms with van der Waals surface area (Å²) in [5.74, 6) is 0.505. The predicted molar refractivity (Wildman–Crippen MR) is 115 cm³/mol. The van der Waals surface area contributed by atoms with E-state index in [9.17, 15) is 9.18 Å². The molecule has 0 aliphatic heterocycles. The second-order valence-corrected chi connectivity index (χ2v) is 7.04. The van der Waals surface area contributed by atoms with E-state index in [1.54, 1.807) is 43.5 Å². The van der Waals surface area contributed by atoms with Gasteiger partial charge in [0.05, 0.1) is 18.4 Å². The number of carbonyl (C=O) groups is 1. The molecule has 0 radical (unpaired) electrons. The molecule has 1 heterocycles. The molecule has 0 aliphatic rings. The van der Waals surface area contributed by atoms with Crippen LogP contribution in [-0.4, -0.2) is 23.2 Å². The number of rotatable bonds is 6. The van der Waals surface area contributed by atoms with Gasteiger partial charge in [-0.05, 0) is 54.1 Å². The fourth-order valence-electron chi connectivity index (χ4n) is 2.95. The van der Waals surface area contributed by atoms with Crippen LogP contribution in [0.4, 0.5) is 10.1 Å². The normalized spacial score (nSPS) is 11.7. The van der Waals surface area contributed by atoms with Gasteiger partial charge in [-0.3, -0.25) is 4.79 Å². The minimum atomic E-state index is -0.994. The molecule has 0 spiro atoms. The van der Waals surface area contributed by atoms with Crippen LogP contribution in [0.15, 0.2) is 77.3 Å². The third-order valence-electron chi connectivity index (χ3n) is 4.58. The van der Waals surface area contributed by atoms with Crippen LogP contribution in [0.3, 0.4) is 0 Å². The van der Waals surface area contributed by atoms with Crippen LogP contribution in [0.1, 0.15) is 10.9 Å². The van der Waals surface area contributed by atoms with Crippen molar-refractivity contribution in [3.8, 4) is 28.6 Å². The second kappa shape index (κ2) is 8.97. The first-order chi connectivity index (χ1) is 15.0. The molecule has 3 aromatic carbocycles. The van der Waals surface area contributed by atoms with E-state index in [1.807, 2.05) is 12.1 Å². The largest absolute Gasteiger partial charge is 0.497 e. The number of benzene rings is 3. The maximum absolute atomic E-state index is 13.1. The summed E-state index contributed by atoms with van der Waals surface area (Å²) in [6.07, 6.45) is 0. The number of hydrogen-bond donors (Lipinski definition) is 1. The molecule has 1 unspecified atom stereocenters. The first-order valence-electron chi connectivity index (χ1n) is 9.33. The third kappa shape index (κ3) is 4.57. The molecule has 31 heavy (non-hydrogen) atoms. The van der Waals surface area contributed by atoms with Gasteiger partial charge in [-0.25, -0.2) is 4.39 Å². The van der Waals surface area contributed by atoms with E-state index in [1.165, 1.54) is 24.3 Å². The molecule has 4 aromatic rings. The zero-order valence-corrected chi connectivity index (χ0v) is 17.1. The Morgan fingerprint density at radius 3 is 2.48 bits per heavy atom. The van der Waals surface area contributed by atoms with Gasteiger partial charge >= 0.3 is 0 Å². The first kappa shape index (κ1) is 20.6. The average molecular weight is 438 g/mol. The summed E-state index contributed by atoms with van der Waals surface area (Å²) in [5.41, 5.74) is 2.25. The van der Waals surface area contributed by atoms with Gasteiger partial charge in [-0.15, -0.1) is 11.6 Å². The highest BCUT2D eigenvalue weighted by Gasteiger charge is 2.21. The molecule has 1 N–H and O–H groups in total. The van der Waals surface area contributed by atoms with Crippen molar-refractivity contribution in [2.45, 2.75) is 5.38 Å². The number of halogens is 2. The third-order valence-corrected chi connectivity index (χ3v) is 5.03. The van der Waals surface area contributed by atoms with Crippen molar-refractivity contribution < 1.29 is 18.4 Å². The summed E-state index contributed by atoms with van der Waals surface area (Å²) in [6.45, 7) is 0. The van der Waals surface area contributed by atoms with E-state index in [-0.39, 0.29) is 5.89 Å². The standard InChI is InChI=1S/C23H17ClFN3O3/c1-30-17-12-8-15(9-13-17)21-27-23(31-28-21)18-4-2-3-5-19(18)26-22(29)20(24)14-6-10-16(25)11-7-14/h2-13,20H,1H3,(H,26,29). The number of para-hydroxylation sites is 1. The van der Waals surface area contributed by atoms with Crippen molar-refractivity contribution >= 4 is 23.2 Å². The van der Waals surface area contributed by atoms with Gasteiger partial charge in [0.15, 0.2) is 0 Å². The van der Waals surface area contributed by atoms with E-state index >= 15 is 0 Å². The van der Waals surface area contributed by atoms with E-state index in [4.69, 9.17) is 20.9 Å². The number of methoxy groups -OCH3 is 1. The number of carbonyl (C=O) groups excluding carboxylic acids is 1. The van der Waals surface area contributed by atoms with Crippen LogP contribution >= 0.6 is 11.6 Å². The molecule has 8 heteroatoms. The molecule has 0 saturated carbocycles. The molecule has 6 nitrogen and oxygen atoms in total. The first-order valence-corrected chi connectivity index (χ1v) is 9.77. The zero-order chi connectivity index (χ0) is 21.8. The number of nitrogens with zero attached hydrogens (tertiary/aromatic N) is 2. The number of anilines is 1. The Morgan fingerprint density at radius 1 is 1.06 bits per heavy atom. The highest BCUT2D eigenvalue weighted by Crippen LogP contribution is 2.30. The lowest BCUT2D eigenvalue weighted by molar-refractivity contribution is -0.116. The van der Waals surface area contributed by atoms with Crippen molar-refractivity contribution in [1.29, 1.82) is 0 Å². The maximum Gasteiger partial charge on any atom is 0.260 e. The molecule has 0 bridgehead atoms. The van der Waals surface area contributed by atoms with E-state index in [2.05, 4.69) is 15.5 Å². The Balaban J connectivity index is 1.56. The lowest BCUT2D eigenvalue weighted by Crippen LogP contribution is -2.17. The molecular formula is C23H17ClFN3O3. The van der Waals surface area contributed by atoms with Crippen LogP contribution < -0.4 is 10.1 Å². The molecule has 0 aliphatic carbocycles. The zero-order valence-electron chi connectivity index (χ0n) is 16.4. The van der Waals surface area contributed by atoms with Gasteiger partial charge in [0.25, 0.3) is 5.89 Å². The van der Waals surface area contributed by atoms with Crippen molar-refractivity contribution in [3.63, 3.8) is 0 Å². The number of aromatic nitrogens is 2. The number of nitrogens with one attached hydrogen (secondary N) is 1. The lowest BCUT2D eigenvalue weighted by Gasteiger charge is -2.12. The highest BCUT2D eigenvalue weighted by atomic mass is 35.5. The summed E-state index contributed by atoms with van der Waals surface area (Å²) < 4.78 is 23.7. The molecular weight excluding hydrogens is 421 g/mol. The fraction of sp³-hybridized carbons (Fsp3) is 0.0870. The number of ether oxygens (including phenoxy) is 1. The molecule has 156 valence electrons. The topological polar surface area (TPSA) is 77.3 Å². The minimum absolute atomic E-state index is 0.245. The van der Waals surface area contributed by atoms with E-state index in [0.29, 0.717) is 22.6 Å². The Hall–Kier alpha value is -3.71. The van der Waals surface area contributed by atoms with Gasteiger partial charge in [0.1, 0.15) is 16.9 Å². The summed E-state index contributed by atoms with van der Waals surface area (Å²) in [7, 11) is 1.59. The van der Waals surface area contributed by atoms with Gasteiger partial charge < -0.3 is 14.6 Å². The van der Waals surface area contributed by atoms with Gasteiger partial charge in [-0.1, -0.05) is 29.4 Å². The van der Waals surface area contributed by atoms with Crippen LogP contribution in [0, 0.1) is 5.82 Å². The Kier molecular flexibility index (Phi) is 5.95. The van der Waals surface area contributed by atoms with E-state index < -0.39 is 17.1 Å². The lowest BCUT2D eigenvalue weighted by atomic mass is 10.1. The summed E-state index contributed by atoms with van der Waals surface area (Å²) >= 11 is 6.27. The minimum Gasteiger partial charge on any atom is -0.497 e. The van der Waals surface area contributed by atoms with Crippen molar-refractivity contribution in [3.05, 3.63) is 84.2 Å². The molecule has 1 aromatic heterocycles. The molecule has 1 amide bonds. The number of hydrogen-bond acceptors (Lipinski definition) is 5. The summed E-state index contributed by atoms with van der Waals surface area (Å²) in [5, 5.41) is 5.81. The Morgan fingerprint density at radius 2 is 1.77 bits per heavy atom. The van der Waals surface area contributed by atoms with Crippen LogP contribution in [-0.2, 0) is 4.79 Å². The SMILES string of the molecule is COc1ccc(-c2noc(-c3ccccc3NC(=O)C(Cl)c3ccc(F)cc3)n2)cc1. The maximum atomic E-state index is 13.1. The monoisotopic (exact) mass is 437 g/mol. The quantitative estimate of drug-likeness (QED) is 0.405. The van der Waals surface area contributed by atoms with Crippen LogP contribution in [0.5, 0.6) is 5.75 Å². The molecule has 4 rings (SSSR count). The summed E-state index contributed by atoms with van der Waals surface area (Å²) in [6, 6.07) is 19.7. The van der Waals surface area contributed by atoms with Crippen molar-refractivity contribution in [2.24, 2.45) is 0 Å². The smallest absolute Gasteiger partial charge is 0.260 e. The van der Waals surface area contributed by atoms with Crippen LogP contribution in [0.2, 0.25) is 0 Å². The number of alkyl halides is 1. The molecule has 1 atom stereocenters. The second-order valence-electron chi connectivity index (χ2n) is 6.60. The van der Waals surface area contributed by atoms with Crippen LogP contribution in [0.25, 0.3) is 22.8 Å².